The topological polar surface area (TPSA) is 12.9 Å². The van der Waals surface area contributed by atoms with Gasteiger partial charge in [-0.1, -0.05) is 53.1 Å². The molecule has 0 amide bonds. The highest BCUT2D eigenvalue weighted by molar-refractivity contribution is 8.35. The molecule has 1 nitrogen and oxygen atoms in total. The molecule has 132 valence electrons. The number of allylic oxidation sites excluding steroid dienone is 3. The van der Waals surface area contributed by atoms with Gasteiger partial charge >= 0.3 is 0 Å². The van der Waals surface area contributed by atoms with E-state index in [1.807, 2.05) is 71.4 Å². The average Bonchev–Trinajstić information content (AvgIpc) is 3.34. The number of pyridine rings is 1. The van der Waals surface area contributed by atoms with Gasteiger partial charge in [0.25, 0.3) is 0 Å². The van der Waals surface area contributed by atoms with E-state index in [0.717, 1.165) is 5.69 Å². The van der Waals surface area contributed by atoms with Crippen LogP contribution in [0.5, 0.6) is 0 Å². The van der Waals surface area contributed by atoms with E-state index >= 15 is 0 Å². The largest absolute Gasteiger partial charge is 0.257 e. The summed E-state index contributed by atoms with van der Waals surface area (Å²) in [6.45, 7) is 6.66. The Balaban J connectivity index is 1.50. The maximum atomic E-state index is 4.34. The summed E-state index contributed by atoms with van der Waals surface area (Å²) >= 11 is 9.47. The lowest BCUT2D eigenvalue weighted by atomic mass is 10.2. The monoisotopic (exact) mass is 431 g/mol. The smallest absolute Gasteiger partial charge is 0.0703 e. The quantitative estimate of drug-likeness (QED) is 0.483. The third-order valence-corrected chi connectivity index (χ3v) is 10.6. The molecule has 0 bridgehead atoms. The van der Waals surface area contributed by atoms with Gasteiger partial charge in [-0.2, -0.15) is 0 Å². The first kappa shape index (κ1) is 18.6. The van der Waals surface area contributed by atoms with Crippen LogP contribution >= 0.6 is 58.4 Å². The fraction of sp³-hybridized carbons (Fsp3) is 0.150. The maximum Gasteiger partial charge on any atom is 0.0703 e. The van der Waals surface area contributed by atoms with Gasteiger partial charge in [-0.05, 0) is 66.3 Å². The van der Waals surface area contributed by atoms with Crippen LogP contribution in [-0.2, 0) is 0 Å². The number of thioether (sulfide) groups is 4. The van der Waals surface area contributed by atoms with Gasteiger partial charge in [-0.25, -0.2) is 0 Å². The molecule has 0 aromatic carbocycles. The summed E-state index contributed by atoms with van der Waals surface area (Å²) in [7, 11) is 0. The third-order valence-electron chi connectivity index (χ3n) is 3.90. The number of rotatable bonds is 3. The lowest BCUT2D eigenvalue weighted by Gasteiger charge is -2.01. The molecule has 26 heavy (non-hydrogen) atoms. The molecular weight excluding hydrogens is 415 g/mol. The summed E-state index contributed by atoms with van der Waals surface area (Å²) in [5.74, 6) is 0. The molecule has 0 atom stereocenters. The summed E-state index contributed by atoms with van der Waals surface area (Å²) in [5, 5.41) is 2.27. The molecule has 0 N–H and O–H groups in total. The molecule has 0 radical (unpaired) electrons. The zero-order valence-corrected chi connectivity index (χ0v) is 18.7. The van der Waals surface area contributed by atoms with E-state index in [4.69, 9.17) is 0 Å². The number of aromatic nitrogens is 1. The van der Waals surface area contributed by atoms with Crippen molar-refractivity contribution in [2.75, 3.05) is 0 Å². The van der Waals surface area contributed by atoms with Crippen LogP contribution in [0.15, 0.2) is 59.0 Å². The van der Waals surface area contributed by atoms with Crippen molar-refractivity contribution in [3.05, 3.63) is 75.2 Å². The van der Waals surface area contributed by atoms with E-state index in [-0.39, 0.29) is 0 Å². The highest BCUT2D eigenvalue weighted by atomic mass is 32.2. The predicted octanol–water partition coefficient (Wildman–Crippen LogP) is 8.34. The molecule has 6 heteroatoms. The van der Waals surface area contributed by atoms with Gasteiger partial charge in [-0.3, -0.25) is 4.98 Å². The second kappa shape index (κ2) is 8.07. The molecule has 0 unspecified atom stereocenters. The Bertz CT molecular complexity index is 947. The van der Waals surface area contributed by atoms with Gasteiger partial charge < -0.3 is 0 Å². The minimum atomic E-state index is 0.990. The molecule has 0 saturated heterocycles. The second-order valence-corrected chi connectivity index (χ2v) is 12.0. The lowest BCUT2D eigenvalue weighted by Crippen LogP contribution is -1.75. The van der Waals surface area contributed by atoms with Gasteiger partial charge in [0.15, 0.2) is 0 Å². The zero-order chi connectivity index (χ0) is 18.1. The molecule has 4 rings (SSSR count). The van der Waals surface area contributed by atoms with Crippen LogP contribution in [0.4, 0.5) is 0 Å². The van der Waals surface area contributed by atoms with Crippen LogP contribution in [0.1, 0.15) is 36.9 Å². The van der Waals surface area contributed by atoms with Crippen molar-refractivity contribution in [3.8, 4) is 0 Å². The van der Waals surface area contributed by atoms with Crippen molar-refractivity contribution in [1.82, 2.24) is 4.98 Å². The van der Waals surface area contributed by atoms with Crippen LogP contribution in [-0.4, -0.2) is 4.98 Å². The van der Waals surface area contributed by atoms with Gasteiger partial charge in [0.2, 0.25) is 0 Å². The Kier molecular flexibility index (Phi) is 5.76. The van der Waals surface area contributed by atoms with Gasteiger partial charge in [0, 0.05) is 26.4 Å². The van der Waals surface area contributed by atoms with Gasteiger partial charge in [-0.15, -0.1) is 11.3 Å². The van der Waals surface area contributed by atoms with E-state index in [1.165, 1.54) is 38.5 Å². The van der Waals surface area contributed by atoms with E-state index in [9.17, 15) is 0 Å². The molecule has 0 saturated carbocycles. The molecule has 2 aliphatic heterocycles. The molecule has 4 heterocycles. The molecular formula is C20H17NS5. The standard InChI is InChI=1S/C20H17NS5/c1-12-13(2)24-19(23-12)20-25-14(3)18(26-20)15-10-17(22-11-15)8-7-16-6-4-5-9-21-16/h4-11H,1-3H3/b8-7+. The van der Waals surface area contributed by atoms with E-state index in [0.29, 0.717) is 0 Å². The van der Waals surface area contributed by atoms with E-state index < -0.39 is 0 Å². The third kappa shape index (κ3) is 4.04. The Morgan fingerprint density at radius 2 is 1.58 bits per heavy atom. The van der Waals surface area contributed by atoms with Gasteiger partial charge in [0.05, 0.1) is 14.2 Å². The number of hydrogen-bond donors (Lipinski definition) is 0. The summed E-state index contributed by atoms with van der Waals surface area (Å²) < 4.78 is 2.87. The summed E-state index contributed by atoms with van der Waals surface area (Å²) in [6, 6.07) is 8.26. The summed E-state index contributed by atoms with van der Waals surface area (Å²) in [6.07, 6.45) is 6.05. The van der Waals surface area contributed by atoms with Gasteiger partial charge in [0.1, 0.15) is 0 Å². The number of thiophene rings is 1. The van der Waals surface area contributed by atoms with Crippen molar-refractivity contribution in [2.45, 2.75) is 20.8 Å². The Morgan fingerprint density at radius 1 is 0.846 bits per heavy atom. The average molecular weight is 432 g/mol. The Labute approximate surface area is 175 Å². The maximum absolute atomic E-state index is 4.34. The highest BCUT2D eigenvalue weighted by Crippen LogP contribution is 2.61. The molecule has 0 aliphatic carbocycles. The first-order chi connectivity index (χ1) is 12.6. The Morgan fingerprint density at radius 3 is 2.31 bits per heavy atom. The summed E-state index contributed by atoms with van der Waals surface area (Å²) in [4.78, 5) is 11.3. The lowest BCUT2D eigenvalue weighted by molar-refractivity contribution is 1.30. The van der Waals surface area contributed by atoms with Crippen LogP contribution < -0.4 is 0 Å². The number of nitrogens with zero attached hydrogens (tertiary/aromatic N) is 1. The molecule has 0 spiro atoms. The fourth-order valence-electron chi connectivity index (χ4n) is 2.44. The SMILES string of the molecule is CC1=C(C)SC(=C2SC(C)=C(c3csc(/C=C/c4ccccn4)c3)S2)S1. The first-order valence-electron chi connectivity index (χ1n) is 8.12. The molecule has 2 aromatic rings. The van der Waals surface area contributed by atoms with Crippen molar-refractivity contribution in [2.24, 2.45) is 0 Å². The molecule has 2 aromatic heterocycles. The minimum Gasteiger partial charge on any atom is -0.257 e. The van der Waals surface area contributed by atoms with Crippen molar-refractivity contribution < 1.29 is 0 Å². The zero-order valence-electron chi connectivity index (χ0n) is 14.6. The van der Waals surface area contributed by atoms with Crippen LogP contribution in [0.25, 0.3) is 17.1 Å². The summed E-state index contributed by atoms with van der Waals surface area (Å²) in [5.41, 5.74) is 2.32. The normalized spacial score (nSPS) is 18.1. The predicted molar refractivity (Wildman–Crippen MR) is 126 cm³/mol. The van der Waals surface area contributed by atoms with Crippen molar-refractivity contribution in [3.63, 3.8) is 0 Å². The van der Waals surface area contributed by atoms with Crippen LogP contribution in [0.2, 0.25) is 0 Å². The second-order valence-electron chi connectivity index (χ2n) is 5.81. The molecule has 2 aliphatic rings. The van der Waals surface area contributed by atoms with E-state index in [1.54, 1.807) is 11.3 Å². The number of hydrogen-bond acceptors (Lipinski definition) is 6. The van der Waals surface area contributed by atoms with E-state index in [2.05, 4.69) is 49.4 Å². The Hall–Kier alpha value is -0.790. The molecule has 0 fully saturated rings. The minimum absolute atomic E-state index is 0.990. The first-order valence-corrected chi connectivity index (χ1v) is 12.3. The fourth-order valence-corrected chi connectivity index (χ4v) is 8.75. The van der Waals surface area contributed by atoms with Crippen molar-refractivity contribution >= 4 is 75.4 Å². The highest BCUT2D eigenvalue weighted by Gasteiger charge is 2.26. The van der Waals surface area contributed by atoms with Crippen molar-refractivity contribution in [1.29, 1.82) is 0 Å². The van der Waals surface area contributed by atoms with Crippen LogP contribution in [0, 0.1) is 0 Å². The van der Waals surface area contributed by atoms with Crippen LogP contribution in [0.3, 0.4) is 0 Å².